The molecular formula is C6H5NS2. The van der Waals surface area contributed by atoms with Crippen molar-refractivity contribution in [3.8, 4) is 0 Å². The minimum atomic E-state index is 0.913. The molecule has 0 unspecified atom stereocenters. The summed E-state index contributed by atoms with van der Waals surface area (Å²) in [7, 11) is 0. The zero-order chi connectivity index (χ0) is 6.10. The SMILES string of the molecule is C1=CSC2=NCSC2=C1. The van der Waals surface area contributed by atoms with Crippen LogP contribution in [0.2, 0.25) is 0 Å². The van der Waals surface area contributed by atoms with Crippen LogP contribution in [-0.2, 0) is 0 Å². The Hall–Kier alpha value is -0.150. The van der Waals surface area contributed by atoms with Gasteiger partial charge in [-0.15, -0.1) is 0 Å². The first kappa shape index (κ1) is 5.62. The Morgan fingerprint density at radius 2 is 2.56 bits per heavy atom. The molecule has 0 amide bonds. The standard InChI is InChI=1S/C6H5NS2/c1-2-5-6(8-3-1)7-4-9-5/h1-3H,4H2. The molecule has 0 N–H and O–H groups in total. The quantitative estimate of drug-likeness (QED) is 0.532. The van der Waals surface area contributed by atoms with Gasteiger partial charge < -0.3 is 0 Å². The van der Waals surface area contributed by atoms with Crippen LogP contribution in [0.15, 0.2) is 27.5 Å². The smallest absolute Gasteiger partial charge is 0.109 e. The second kappa shape index (κ2) is 2.23. The Labute approximate surface area is 62.3 Å². The molecular weight excluding hydrogens is 150 g/mol. The third kappa shape index (κ3) is 0.946. The molecule has 0 spiro atoms. The lowest BCUT2D eigenvalue weighted by molar-refractivity contribution is 1.42. The first-order valence-electron chi connectivity index (χ1n) is 2.68. The van der Waals surface area contributed by atoms with E-state index in [4.69, 9.17) is 0 Å². The Bertz CT molecular complexity index is 215. The number of hydrogen-bond donors (Lipinski definition) is 0. The van der Waals surface area contributed by atoms with Crippen molar-refractivity contribution in [2.75, 3.05) is 5.88 Å². The Kier molecular flexibility index (Phi) is 1.39. The lowest BCUT2D eigenvalue weighted by Gasteiger charge is -2.00. The van der Waals surface area contributed by atoms with Crippen LogP contribution in [0.4, 0.5) is 0 Å². The molecule has 2 rings (SSSR count). The molecule has 0 radical (unpaired) electrons. The van der Waals surface area contributed by atoms with Crippen LogP contribution in [0, 0.1) is 0 Å². The fraction of sp³-hybridized carbons (Fsp3) is 0.167. The maximum absolute atomic E-state index is 4.28. The van der Waals surface area contributed by atoms with E-state index in [-0.39, 0.29) is 0 Å². The monoisotopic (exact) mass is 155 g/mol. The highest BCUT2D eigenvalue weighted by Gasteiger charge is 2.14. The second-order valence-corrected chi connectivity index (χ2v) is 3.60. The van der Waals surface area contributed by atoms with Crippen molar-refractivity contribution in [3.05, 3.63) is 22.5 Å². The number of aliphatic imine (C=N–C) groups is 1. The van der Waals surface area contributed by atoms with Gasteiger partial charge in [-0.1, -0.05) is 29.6 Å². The predicted octanol–water partition coefficient (Wildman–Crippen LogP) is 2.23. The van der Waals surface area contributed by atoms with Crippen molar-refractivity contribution >= 4 is 28.6 Å². The van der Waals surface area contributed by atoms with Crippen molar-refractivity contribution in [1.82, 2.24) is 0 Å². The van der Waals surface area contributed by atoms with E-state index in [2.05, 4.69) is 22.6 Å². The van der Waals surface area contributed by atoms with E-state index in [1.807, 2.05) is 11.8 Å². The number of allylic oxidation sites excluding steroid dienone is 2. The van der Waals surface area contributed by atoms with Crippen LogP contribution in [0.5, 0.6) is 0 Å². The fourth-order valence-corrected chi connectivity index (χ4v) is 2.45. The highest BCUT2D eigenvalue weighted by atomic mass is 32.2. The molecule has 0 aromatic carbocycles. The molecule has 0 bridgehead atoms. The van der Waals surface area contributed by atoms with E-state index in [0.717, 1.165) is 5.88 Å². The first-order chi connectivity index (χ1) is 4.47. The molecule has 1 nitrogen and oxygen atoms in total. The van der Waals surface area contributed by atoms with Gasteiger partial charge in [0.2, 0.25) is 0 Å². The van der Waals surface area contributed by atoms with Gasteiger partial charge >= 0.3 is 0 Å². The summed E-state index contributed by atoms with van der Waals surface area (Å²) in [6, 6.07) is 0. The lowest BCUT2D eigenvalue weighted by Crippen LogP contribution is -1.88. The topological polar surface area (TPSA) is 12.4 Å². The average molecular weight is 155 g/mol. The number of nitrogens with zero attached hydrogens (tertiary/aromatic N) is 1. The summed E-state index contributed by atoms with van der Waals surface area (Å²) in [6.45, 7) is 0. The van der Waals surface area contributed by atoms with E-state index < -0.39 is 0 Å². The summed E-state index contributed by atoms with van der Waals surface area (Å²) < 4.78 is 0. The van der Waals surface area contributed by atoms with Gasteiger partial charge in [-0.3, -0.25) is 4.99 Å². The third-order valence-electron chi connectivity index (χ3n) is 1.14. The van der Waals surface area contributed by atoms with Gasteiger partial charge in [-0.25, -0.2) is 0 Å². The number of rotatable bonds is 0. The minimum Gasteiger partial charge on any atom is -0.266 e. The van der Waals surface area contributed by atoms with E-state index in [9.17, 15) is 0 Å². The van der Waals surface area contributed by atoms with Gasteiger partial charge in [-0.05, 0) is 11.5 Å². The van der Waals surface area contributed by atoms with E-state index in [1.165, 1.54) is 9.95 Å². The van der Waals surface area contributed by atoms with Crippen LogP contribution in [0.3, 0.4) is 0 Å². The van der Waals surface area contributed by atoms with Crippen molar-refractivity contribution in [3.63, 3.8) is 0 Å². The summed E-state index contributed by atoms with van der Waals surface area (Å²) in [4.78, 5) is 5.62. The number of fused-ring (bicyclic) bond motifs is 1. The van der Waals surface area contributed by atoms with Gasteiger partial charge in [-0.2, -0.15) is 0 Å². The minimum absolute atomic E-state index is 0.913. The summed E-state index contributed by atoms with van der Waals surface area (Å²) in [5, 5.41) is 3.26. The molecule has 46 valence electrons. The van der Waals surface area contributed by atoms with Crippen LogP contribution < -0.4 is 0 Å². The molecule has 2 aliphatic heterocycles. The molecule has 3 heteroatoms. The highest BCUT2D eigenvalue weighted by Crippen LogP contribution is 2.33. The van der Waals surface area contributed by atoms with Crippen molar-refractivity contribution in [2.24, 2.45) is 4.99 Å². The lowest BCUT2D eigenvalue weighted by atomic mass is 10.5. The number of thioether (sulfide) groups is 2. The third-order valence-corrected chi connectivity index (χ3v) is 3.04. The van der Waals surface area contributed by atoms with Gasteiger partial charge in [0, 0.05) is 4.91 Å². The molecule has 0 saturated heterocycles. The second-order valence-electron chi connectivity index (χ2n) is 1.71. The molecule has 0 fully saturated rings. The summed E-state index contributed by atoms with van der Waals surface area (Å²) in [6.07, 6.45) is 4.18. The van der Waals surface area contributed by atoms with Crippen LogP contribution in [0.25, 0.3) is 0 Å². The molecule has 2 aliphatic rings. The summed E-state index contributed by atoms with van der Waals surface area (Å²) >= 11 is 3.53. The molecule has 0 aliphatic carbocycles. The Morgan fingerprint density at radius 1 is 1.56 bits per heavy atom. The largest absolute Gasteiger partial charge is 0.266 e. The Morgan fingerprint density at radius 3 is 3.44 bits per heavy atom. The van der Waals surface area contributed by atoms with Gasteiger partial charge in [0.1, 0.15) is 5.04 Å². The van der Waals surface area contributed by atoms with E-state index >= 15 is 0 Å². The highest BCUT2D eigenvalue weighted by molar-refractivity contribution is 8.20. The molecule has 2 heterocycles. The van der Waals surface area contributed by atoms with E-state index in [1.54, 1.807) is 11.8 Å². The first-order valence-corrected chi connectivity index (χ1v) is 4.54. The van der Waals surface area contributed by atoms with Crippen LogP contribution in [0.1, 0.15) is 0 Å². The average Bonchev–Trinajstić information content (AvgIpc) is 2.33. The molecule has 9 heavy (non-hydrogen) atoms. The van der Waals surface area contributed by atoms with Gasteiger partial charge in [0.25, 0.3) is 0 Å². The molecule has 0 saturated carbocycles. The summed E-state index contributed by atoms with van der Waals surface area (Å²) in [5.41, 5.74) is 0. The van der Waals surface area contributed by atoms with E-state index in [0.29, 0.717) is 0 Å². The zero-order valence-electron chi connectivity index (χ0n) is 4.70. The van der Waals surface area contributed by atoms with Crippen LogP contribution in [-0.4, -0.2) is 10.9 Å². The summed E-state index contributed by atoms with van der Waals surface area (Å²) in [5.74, 6) is 0.913. The number of hydrogen-bond acceptors (Lipinski definition) is 3. The predicted molar refractivity (Wildman–Crippen MR) is 44.7 cm³/mol. The van der Waals surface area contributed by atoms with Gasteiger partial charge in [0.05, 0.1) is 5.88 Å². The maximum Gasteiger partial charge on any atom is 0.109 e. The fourth-order valence-electron chi connectivity index (χ4n) is 0.745. The maximum atomic E-state index is 4.28. The normalized spacial score (nSPS) is 23.1. The van der Waals surface area contributed by atoms with Crippen LogP contribution >= 0.6 is 23.5 Å². The van der Waals surface area contributed by atoms with Crippen molar-refractivity contribution in [1.29, 1.82) is 0 Å². The Balaban J connectivity index is 2.37. The zero-order valence-corrected chi connectivity index (χ0v) is 6.34. The van der Waals surface area contributed by atoms with Gasteiger partial charge in [0.15, 0.2) is 0 Å². The molecule has 0 aromatic heterocycles. The van der Waals surface area contributed by atoms with Crippen molar-refractivity contribution in [2.45, 2.75) is 0 Å². The molecule has 0 atom stereocenters. The molecule has 0 aromatic rings. The van der Waals surface area contributed by atoms with Crippen molar-refractivity contribution < 1.29 is 0 Å².